The highest BCUT2D eigenvalue weighted by molar-refractivity contribution is 6.07. The third-order valence-electron chi connectivity index (χ3n) is 5.26. The Hall–Kier alpha value is -3.47. The summed E-state index contributed by atoms with van der Waals surface area (Å²) in [7, 11) is 0. The van der Waals surface area contributed by atoms with Gasteiger partial charge in [-0.3, -0.25) is 9.36 Å². The van der Waals surface area contributed by atoms with E-state index in [0.717, 1.165) is 17.3 Å². The molecule has 4 rings (SSSR count). The van der Waals surface area contributed by atoms with Crippen molar-refractivity contribution in [1.29, 1.82) is 0 Å². The predicted octanol–water partition coefficient (Wildman–Crippen LogP) is 4.98. The van der Waals surface area contributed by atoms with E-state index in [-0.39, 0.29) is 11.8 Å². The standard InChI is InChI=1S/C25H26N4O/c1-18(2)15-20(19-9-4-3-5-10-19)16-28-24(30)22-17-29(25-26-13-8-14-27-25)23-12-7-6-11-21(22)23/h3-14,17-18,20H,15-16H2,1-2H3,(H,28,30). The second-order valence-electron chi connectivity index (χ2n) is 7.93. The second kappa shape index (κ2) is 8.91. The number of benzene rings is 2. The largest absolute Gasteiger partial charge is 0.351 e. The van der Waals surface area contributed by atoms with Crippen LogP contribution in [0, 0.1) is 5.92 Å². The molecule has 0 bridgehead atoms. The molecule has 4 aromatic rings. The molecule has 0 fully saturated rings. The maximum absolute atomic E-state index is 13.2. The molecule has 1 N–H and O–H groups in total. The number of para-hydroxylation sites is 1. The van der Waals surface area contributed by atoms with Gasteiger partial charge in [0.15, 0.2) is 0 Å². The molecule has 0 aliphatic rings. The molecule has 1 unspecified atom stereocenters. The van der Waals surface area contributed by atoms with Gasteiger partial charge in [0.05, 0.1) is 11.1 Å². The second-order valence-corrected chi connectivity index (χ2v) is 7.93. The van der Waals surface area contributed by atoms with Crippen molar-refractivity contribution in [3.63, 3.8) is 0 Å². The average molecular weight is 399 g/mol. The first-order valence-corrected chi connectivity index (χ1v) is 10.3. The third-order valence-corrected chi connectivity index (χ3v) is 5.26. The van der Waals surface area contributed by atoms with Crippen LogP contribution in [0.2, 0.25) is 0 Å². The van der Waals surface area contributed by atoms with Gasteiger partial charge >= 0.3 is 0 Å². The van der Waals surface area contributed by atoms with E-state index in [1.807, 2.05) is 41.1 Å². The summed E-state index contributed by atoms with van der Waals surface area (Å²) in [6, 6.07) is 20.0. The SMILES string of the molecule is CC(C)CC(CNC(=O)c1cn(-c2ncccn2)c2ccccc12)c1ccccc1. The predicted molar refractivity (Wildman–Crippen MR) is 120 cm³/mol. The molecule has 1 amide bonds. The number of nitrogens with one attached hydrogen (secondary N) is 1. The van der Waals surface area contributed by atoms with Crippen LogP contribution in [0.1, 0.15) is 42.1 Å². The molecule has 2 heterocycles. The zero-order valence-corrected chi connectivity index (χ0v) is 17.3. The molecule has 5 heteroatoms. The summed E-state index contributed by atoms with van der Waals surface area (Å²) in [5, 5.41) is 4.06. The van der Waals surface area contributed by atoms with E-state index < -0.39 is 0 Å². The lowest BCUT2D eigenvalue weighted by molar-refractivity contribution is 0.0951. The first-order valence-electron chi connectivity index (χ1n) is 10.3. The Morgan fingerprint density at radius 3 is 2.40 bits per heavy atom. The molecule has 0 aliphatic heterocycles. The summed E-state index contributed by atoms with van der Waals surface area (Å²) in [5.41, 5.74) is 2.80. The van der Waals surface area contributed by atoms with E-state index in [0.29, 0.717) is 24.0 Å². The number of carbonyl (C=O) groups is 1. The van der Waals surface area contributed by atoms with Crippen LogP contribution in [-0.4, -0.2) is 27.0 Å². The fraction of sp³-hybridized carbons (Fsp3) is 0.240. The summed E-state index contributed by atoms with van der Waals surface area (Å²) >= 11 is 0. The van der Waals surface area contributed by atoms with Gasteiger partial charge in [-0.2, -0.15) is 0 Å². The smallest absolute Gasteiger partial charge is 0.253 e. The number of carbonyl (C=O) groups excluding carboxylic acids is 1. The van der Waals surface area contributed by atoms with Crippen LogP contribution in [0.15, 0.2) is 79.3 Å². The van der Waals surface area contributed by atoms with Crippen LogP contribution in [0.5, 0.6) is 0 Å². The zero-order valence-electron chi connectivity index (χ0n) is 17.3. The van der Waals surface area contributed by atoms with Gasteiger partial charge in [-0.25, -0.2) is 9.97 Å². The van der Waals surface area contributed by atoms with E-state index in [1.54, 1.807) is 18.5 Å². The van der Waals surface area contributed by atoms with Crippen LogP contribution in [0.4, 0.5) is 0 Å². The lowest BCUT2D eigenvalue weighted by atomic mass is 9.90. The highest BCUT2D eigenvalue weighted by atomic mass is 16.1. The van der Waals surface area contributed by atoms with Crippen molar-refractivity contribution in [3.05, 3.63) is 90.4 Å². The highest BCUT2D eigenvalue weighted by Gasteiger charge is 2.19. The Labute approximate surface area is 176 Å². The summed E-state index contributed by atoms with van der Waals surface area (Å²) in [6.45, 7) is 5.03. The van der Waals surface area contributed by atoms with Crippen molar-refractivity contribution in [1.82, 2.24) is 19.9 Å². The Bertz CT molecular complexity index is 1120. The minimum atomic E-state index is -0.0782. The van der Waals surface area contributed by atoms with Crippen molar-refractivity contribution in [2.75, 3.05) is 6.54 Å². The van der Waals surface area contributed by atoms with Crippen LogP contribution < -0.4 is 5.32 Å². The minimum absolute atomic E-state index is 0.0782. The maximum Gasteiger partial charge on any atom is 0.253 e. The van der Waals surface area contributed by atoms with Gasteiger partial charge in [-0.1, -0.05) is 62.4 Å². The number of aromatic nitrogens is 3. The molecule has 0 saturated heterocycles. The fourth-order valence-electron chi connectivity index (χ4n) is 3.88. The molecule has 152 valence electrons. The van der Waals surface area contributed by atoms with Gasteiger partial charge in [0.2, 0.25) is 5.95 Å². The monoisotopic (exact) mass is 398 g/mol. The molecule has 1 atom stereocenters. The molecule has 2 aromatic heterocycles. The number of rotatable bonds is 7. The molecule has 30 heavy (non-hydrogen) atoms. The number of amides is 1. The lowest BCUT2D eigenvalue weighted by Crippen LogP contribution is -2.29. The highest BCUT2D eigenvalue weighted by Crippen LogP contribution is 2.25. The molecule has 0 aliphatic carbocycles. The molecule has 2 aromatic carbocycles. The van der Waals surface area contributed by atoms with Gasteiger partial charge in [-0.05, 0) is 30.0 Å². The van der Waals surface area contributed by atoms with Gasteiger partial charge in [-0.15, -0.1) is 0 Å². The van der Waals surface area contributed by atoms with Crippen molar-refractivity contribution in [3.8, 4) is 5.95 Å². The Morgan fingerprint density at radius 1 is 0.967 bits per heavy atom. The van der Waals surface area contributed by atoms with E-state index in [1.165, 1.54) is 5.56 Å². The number of hydrogen-bond acceptors (Lipinski definition) is 3. The molecule has 5 nitrogen and oxygen atoms in total. The first kappa shape index (κ1) is 19.8. The van der Waals surface area contributed by atoms with E-state index in [2.05, 4.69) is 53.4 Å². The van der Waals surface area contributed by atoms with Gasteiger partial charge in [0, 0.05) is 36.4 Å². The van der Waals surface area contributed by atoms with Crippen LogP contribution in [-0.2, 0) is 0 Å². The van der Waals surface area contributed by atoms with E-state index >= 15 is 0 Å². The van der Waals surface area contributed by atoms with Crippen LogP contribution in [0.25, 0.3) is 16.9 Å². The number of fused-ring (bicyclic) bond motifs is 1. The molecule has 0 saturated carbocycles. The summed E-state index contributed by atoms with van der Waals surface area (Å²) < 4.78 is 1.87. The van der Waals surface area contributed by atoms with Crippen LogP contribution >= 0.6 is 0 Å². The minimum Gasteiger partial charge on any atom is -0.351 e. The van der Waals surface area contributed by atoms with E-state index in [4.69, 9.17) is 0 Å². The van der Waals surface area contributed by atoms with Crippen molar-refractivity contribution in [2.24, 2.45) is 5.92 Å². The van der Waals surface area contributed by atoms with Gasteiger partial charge < -0.3 is 5.32 Å². The summed E-state index contributed by atoms with van der Waals surface area (Å²) in [4.78, 5) is 21.8. The van der Waals surface area contributed by atoms with Gasteiger partial charge in [0.25, 0.3) is 5.91 Å². The molecular formula is C25H26N4O. The molecule has 0 radical (unpaired) electrons. The quantitative estimate of drug-likeness (QED) is 0.478. The normalized spacial score (nSPS) is 12.2. The average Bonchev–Trinajstić information content (AvgIpc) is 3.17. The van der Waals surface area contributed by atoms with Crippen molar-refractivity contribution >= 4 is 16.8 Å². The van der Waals surface area contributed by atoms with Crippen LogP contribution in [0.3, 0.4) is 0 Å². The fourth-order valence-corrected chi connectivity index (χ4v) is 3.88. The Kier molecular flexibility index (Phi) is 5.89. The Balaban J connectivity index is 1.60. The van der Waals surface area contributed by atoms with Crippen molar-refractivity contribution in [2.45, 2.75) is 26.2 Å². The first-order chi connectivity index (χ1) is 14.6. The summed E-state index contributed by atoms with van der Waals surface area (Å²) in [5.74, 6) is 1.30. The Morgan fingerprint density at radius 2 is 1.67 bits per heavy atom. The van der Waals surface area contributed by atoms with E-state index in [9.17, 15) is 4.79 Å². The third kappa shape index (κ3) is 4.25. The molecule has 0 spiro atoms. The zero-order chi connectivity index (χ0) is 20.9. The summed E-state index contributed by atoms with van der Waals surface area (Å²) in [6.07, 6.45) is 6.25. The van der Waals surface area contributed by atoms with Crippen molar-refractivity contribution < 1.29 is 4.79 Å². The molecular weight excluding hydrogens is 372 g/mol. The van der Waals surface area contributed by atoms with Gasteiger partial charge in [0.1, 0.15) is 0 Å². The topological polar surface area (TPSA) is 59.8 Å². The maximum atomic E-state index is 13.2. The number of nitrogens with zero attached hydrogens (tertiary/aromatic N) is 3. The number of hydrogen-bond donors (Lipinski definition) is 1. The lowest BCUT2D eigenvalue weighted by Gasteiger charge is -2.20.